The molecule has 184 valence electrons. The van der Waals surface area contributed by atoms with Gasteiger partial charge < -0.3 is 9.47 Å². The summed E-state index contributed by atoms with van der Waals surface area (Å²) in [4.78, 5) is 25.9. The average molecular weight is 499 g/mol. The van der Waals surface area contributed by atoms with Crippen LogP contribution in [-0.2, 0) is 9.47 Å². The Morgan fingerprint density at radius 1 is 0.447 bits per heavy atom. The Balaban J connectivity index is 1.60. The van der Waals surface area contributed by atoms with Gasteiger partial charge in [-0.3, -0.25) is 0 Å². The summed E-state index contributed by atoms with van der Waals surface area (Å²) < 4.78 is 11.6. The number of nitrogens with zero attached hydrogens (tertiary/aromatic N) is 2. The van der Waals surface area contributed by atoms with Crippen LogP contribution >= 0.6 is 0 Å². The monoisotopic (exact) mass is 498 g/mol. The van der Waals surface area contributed by atoms with Gasteiger partial charge in [0, 0.05) is 11.1 Å². The maximum atomic E-state index is 13.0. The molecule has 1 heterocycles. The molecule has 0 atom stereocenters. The van der Waals surface area contributed by atoms with E-state index in [9.17, 15) is 9.59 Å². The Labute approximate surface area is 219 Å². The van der Waals surface area contributed by atoms with Crippen molar-refractivity contribution >= 4 is 23.4 Å². The molecule has 4 aromatic carbocycles. The van der Waals surface area contributed by atoms with Gasteiger partial charge in [0.1, 0.15) is 11.4 Å². The second-order valence-corrected chi connectivity index (χ2v) is 8.20. The molecule has 4 aromatic rings. The van der Waals surface area contributed by atoms with Gasteiger partial charge in [-0.25, -0.2) is 9.59 Å². The van der Waals surface area contributed by atoms with Crippen LogP contribution in [0.15, 0.2) is 155 Å². The quantitative estimate of drug-likeness (QED) is 0.289. The van der Waals surface area contributed by atoms with E-state index in [0.717, 1.165) is 0 Å². The molecule has 0 bridgehead atoms. The van der Waals surface area contributed by atoms with Crippen LogP contribution in [0.25, 0.3) is 0 Å². The lowest BCUT2D eigenvalue weighted by Crippen LogP contribution is -2.17. The fourth-order valence-corrected chi connectivity index (χ4v) is 3.73. The van der Waals surface area contributed by atoms with Gasteiger partial charge in [-0.05, 0) is 36.4 Å². The van der Waals surface area contributed by atoms with Gasteiger partial charge in [0.15, 0.2) is 11.5 Å². The van der Waals surface area contributed by atoms with Gasteiger partial charge in [-0.15, -0.1) is 10.2 Å². The highest BCUT2D eigenvalue weighted by Gasteiger charge is 2.22. The third-order valence-electron chi connectivity index (χ3n) is 5.62. The zero-order valence-corrected chi connectivity index (χ0v) is 20.2. The van der Waals surface area contributed by atoms with Crippen molar-refractivity contribution in [3.8, 4) is 0 Å². The molecule has 0 saturated heterocycles. The minimum atomic E-state index is -0.551. The van der Waals surface area contributed by atoms with Gasteiger partial charge in [-0.2, -0.15) is 0 Å². The van der Waals surface area contributed by atoms with Crippen molar-refractivity contribution < 1.29 is 19.1 Å². The minimum Gasteiger partial charge on any atom is -0.421 e. The summed E-state index contributed by atoms with van der Waals surface area (Å²) in [5.74, 6) is -0.780. The van der Waals surface area contributed by atoms with Crippen LogP contribution in [-0.4, -0.2) is 23.4 Å². The Morgan fingerprint density at radius 2 is 0.763 bits per heavy atom. The van der Waals surface area contributed by atoms with Crippen LogP contribution in [0.5, 0.6) is 0 Å². The number of carbonyl (C=O) groups excluding carboxylic acids is 2. The van der Waals surface area contributed by atoms with Gasteiger partial charge in [-0.1, -0.05) is 97.1 Å². The van der Waals surface area contributed by atoms with Gasteiger partial charge in [0.25, 0.3) is 0 Å². The molecule has 0 radical (unpaired) electrons. The molecule has 0 unspecified atom stereocenters. The number of esters is 2. The van der Waals surface area contributed by atoms with E-state index in [-0.39, 0.29) is 11.5 Å². The second-order valence-electron chi connectivity index (χ2n) is 8.20. The Morgan fingerprint density at radius 3 is 1.11 bits per heavy atom. The van der Waals surface area contributed by atoms with E-state index in [1.54, 1.807) is 60.7 Å². The molecule has 1 aliphatic rings. The molecule has 6 heteroatoms. The summed E-state index contributed by atoms with van der Waals surface area (Å²) in [7, 11) is 0. The van der Waals surface area contributed by atoms with Gasteiger partial charge >= 0.3 is 11.9 Å². The maximum absolute atomic E-state index is 13.0. The van der Waals surface area contributed by atoms with Crippen molar-refractivity contribution in [1.29, 1.82) is 0 Å². The number of hydrogen-bond donors (Lipinski definition) is 0. The second kappa shape index (κ2) is 11.6. The molecule has 0 amide bonds. The van der Waals surface area contributed by atoms with E-state index in [1.807, 2.05) is 72.8 Å². The van der Waals surface area contributed by atoms with E-state index < -0.39 is 11.9 Å². The number of hydrogen-bond acceptors (Lipinski definition) is 6. The molecule has 0 aromatic heterocycles. The van der Waals surface area contributed by atoms with E-state index in [1.165, 1.54) is 0 Å². The highest BCUT2D eigenvalue weighted by molar-refractivity contribution is 6.17. The highest BCUT2D eigenvalue weighted by Crippen LogP contribution is 2.21. The standard InChI is InChI=1S/C32H22N2O4/c35-31(25-17-9-3-10-18-25)37-27-21-22-28(38-32(36)26-19-11-4-12-20-26)30(24-15-7-2-8-16-24)34-33-29(27)23-13-5-1-6-14-23/h1-22H/b22-21?,27-21+,28-22+,29-27?,30-28?,33-29-,34-30-,34-33?. The average Bonchev–Trinajstić information content (AvgIpc) is 2.98. The number of allylic oxidation sites excluding steroid dienone is 4. The summed E-state index contributed by atoms with van der Waals surface area (Å²) in [5.41, 5.74) is 2.89. The summed E-state index contributed by atoms with van der Waals surface area (Å²) in [5, 5.41) is 8.99. The Hall–Kier alpha value is -5.36. The first-order valence-corrected chi connectivity index (χ1v) is 11.9. The van der Waals surface area contributed by atoms with Crippen molar-refractivity contribution in [3.05, 3.63) is 167 Å². The molecule has 0 aliphatic carbocycles. The first-order chi connectivity index (χ1) is 18.7. The summed E-state index contributed by atoms with van der Waals surface area (Å²) in [6, 6.07) is 35.9. The first-order valence-electron chi connectivity index (χ1n) is 11.9. The third kappa shape index (κ3) is 5.71. The molecular weight excluding hydrogens is 476 g/mol. The zero-order valence-electron chi connectivity index (χ0n) is 20.2. The molecule has 5 rings (SSSR count). The fourth-order valence-electron chi connectivity index (χ4n) is 3.73. The van der Waals surface area contributed by atoms with Crippen molar-refractivity contribution in [3.63, 3.8) is 0 Å². The van der Waals surface area contributed by atoms with E-state index in [0.29, 0.717) is 33.7 Å². The summed E-state index contributed by atoms with van der Waals surface area (Å²) >= 11 is 0. The summed E-state index contributed by atoms with van der Waals surface area (Å²) in [6.45, 7) is 0. The molecule has 0 N–H and O–H groups in total. The smallest absolute Gasteiger partial charge is 0.343 e. The maximum Gasteiger partial charge on any atom is 0.343 e. The molecule has 0 spiro atoms. The summed E-state index contributed by atoms with van der Waals surface area (Å²) in [6.07, 6.45) is 3.13. The highest BCUT2D eigenvalue weighted by atomic mass is 16.5. The predicted octanol–water partition coefficient (Wildman–Crippen LogP) is 6.38. The molecule has 38 heavy (non-hydrogen) atoms. The van der Waals surface area contributed by atoms with E-state index in [2.05, 4.69) is 10.2 Å². The number of benzene rings is 4. The molecule has 6 nitrogen and oxygen atoms in total. The number of carbonyl (C=O) groups is 2. The molecular formula is C32H22N2O4. The first kappa shape index (κ1) is 24.3. The Kier molecular flexibility index (Phi) is 7.42. The van der Waals surface area contributed by atoms with Crippen LogP contribution in [0, 0.1) is 0 Å². The molecule has 1 aliphatic heterocycles. The lowest BCUT2D eigenvalue weighted by Gasteiger charge is -2.15. The van der Waals surface area contributed by atoms with E-state index >= 15 is 0 Å². The van der Waals surface area contributed by atoms with Crippen molar-refractivity contribution in [2.45, 2.75) is 0 Å². The topological polar surface area (TPSA) is 77.3 Å². The van der Waals surface area contributed by atoms with Crippen molar-refractivity contribution in [1.82, 2.24) is 0 Å². The number of ether oxygens (including phenoxy) is 2. The van der Waals surface area contributed by atoms with Crippen LogP contribution in [0.2, 0.25) is 0 Å². The fraction of sp³-hybridized carbons (Fsp3) is 0. The van der Waals surface area contributed by atoms with Crippen LogP contribution in [0.1, 0.15) is 31.8 Å². The Bertz CT molecular complexity index is 1440. The zero-order chi connectivity index (χ0) is 26.2. The van der Waals surface area contributed by atoms with Crippen LogP contribution in [0.3, 0.4) is 0 Å². The SMILES string of the molecule is O=C(OC1=C/C=C(OC(=O)c2ccccc2)\C(c2ccccc2)=N/N=C\1c1ccccc1)c1ccccc1. The van der Waals surface area contributed by atoms with Gasteiger partial charge in [0.05, 0.1) is 11.1 Å². The lowest BCUT2D eigenvalue weighted by atomic mass is 10.1. The normalized spacial score (nSPS) is 18.5. The predicted molar refractivity (Wildman–Crippen MR) is 146 cm³/mol. The number of rotatable bonds is 6. The van der Waals surface area contributed by atoms with Crippen molar-refractivity contribution in [2.24, 2.45) is 10.2 Å². The lowest BCUT2D eigenvalue weighted by molar-refractivity contribution is 0.0629. The van der Waals surface area contributed by atoms with Crippen molar-refractivity contribution in [2.75, 3.05) is 0 Å². The molecule has 0 saturated carbocycles. The third-order valence-corrected chi connectivity index (χ3v) is 5.62. The van der Waals surface area contributed by atoms with Gasteiger partial charge in [0.2, 0.25) is 0 Å². The largest absolute Gasteiger partial charge is 0.421 e. The molecule has 0 fully saturated rings. The van der Waals surface area contributed by atoms with E-state index in [4.69, 9.17) is 9.47 Å². The van der Waals surface area contributed by atoms with Crippen LogP contribution in [0.4, 0.5) is 0 Å². The minimum absolute atomic E-state index is 0.161. The van der Waals surface area contributed by atoms with Crippen LogP contribution < -0.4 is 0 Å².